The highest BCUT2D eigenvalue weighted by molar-refractivity contribution is 6.31. The van der Waals surface area contributed by atoms with Crippen LogP contribution in [-0.2, 0) is 15.0 Å². The summed E-state index contributed by atoms with van der Waals surface area (Å²) in [5.41, 5.74) is -0.00278. The highest BCUT2D eigenvalue weighted by atomic mass is 35.5. The molecule has 2 aromatic carbocycles. The van der Waals surface area contributed by atoms with Gasteiger partial charge in [0, 0.05) is 28.7 Å². The van der Waals surface area contributed by atoms with Crippen molar-refractivity contribution in [3.8, 4) is 0 Å². The molecule has 6 nitrogen and oxygen atoms in total. The standard InChI is InChI=1S/C29H34Cl2FN3O3/c1-28(2,3)14-22-29(19-12-7-15(30)13-21(19)34-27(29)38)23(18-5-4-6-20(31)24(18)32)25(35-22)26(37)33-16-8-10-17(36)11-9-16/h4-7,12-13,16-17,22-23,25,35-36H,8-11,14H2,1-3H3,(H,33,37)(H,34,38)/t16?,17?,22?,23-,25?,29?/m0/s1. The van der Waals surface area contributed by atoms with Crippen molar-refractivity contribution in [2.45, 2.75) is 88.4 Å². The van der Waals surface area contributed by atoms with Crippen LogP contribution in [-0.4, -0.2) is 41.2 Å². The summed E-state index contributed by atoms with van der Waals surface area (Å²) >= 11 is 12.5. The molecule has 5 rings (SSSR count). The summed E-state index contributed by atoms with van der Waals surface area (Å²) in [5, 5.41) is 19.9. The number of fused-ring (bicyclic) bond motifs is 2. The molecule has 1 aliphatic carbocycles. The topological polar surface area (TPSA) is 90.5 Å². The zero-order chi connectivity index (χ0) is 27.4. The minimum absolute atomic E-state index is 0.0629. The Kier molecular flexibility index (Phi) is 7.27. The molecular weight excluding hydrogens is 528 g/mol. The van der Waals surface area contributed by atoms with Gasteiger partial charge in [0.15, 0.2) is 0 Å². The first kappa shape index (κ1) is 27.4. The summed E-state index contributed by atoms with van der Waals surface area (Å²) in [6.07, 6.45) is 2.75. The normalized spacial score (nSPS) is 30.8. The molecule has 4 atom stereocenters. The maximum Gasteiger partial charge on any atom is 0.238 e. The summed E-state index contributed by atoms with van der Waals surface area (Å²) in [5.74, 6) is -2.09. The van der Waals surface area contributed by atoms with Crippen molar-refractivity contribution in [3.05, 3.63) is 63.4 Å². The Morgan fingerprint density at radius 1 is 1.16 bits per heavy atom. The highest BCUT2D eigenvalue weighted by Gasteiger charge is 2.66. The van der Waals surface area contributed by atoms with Crippen LogP contribution in [0.25, 0.3) is 0 Å². The van der Waals surface area contributed by atoms with E-state index in [1.165, 1.54) is 6.07 Å². The Morgan fingerprint density at radius 3 is 2.55 bits per heavy atom. The Morgan fingerprint density at radius 2 is 1.87 bits per heavy atom. The molecular formula is C29H34Cl2FN3O3. The highest BCUT2D eigenvalue weighted by Crippen LogP contribution is 2.57. The molecule has 0 bridgehead atoms. The zero-order valence-corrected chi connectivity index (χ0v) is 23.3. The minimum atomic E-state index is -1.27. The van der Waals surface area contributed by atoms with Gasteiger partial charge in [-0.15, -0.1) is 0 Å². The second-order valence-corrected chi connectivity index (χ2v) is 13.0. The van der Waals surface area contributed by atoms with E-state index in [1.54, 1.807) is 24.3 Å². The van der Waals surface area contributed by atoms with E-state index in [0.717, 1.165) is 0 Å². The van der Waals surface area contributed by atoms with Crippen LogP contribution in [0.3, 0.4) is 0 Å². The van der Waals surface area contributed by atoms with Gasteiger partial charge in [0.1, 0.15) is 11.2 Å². The van der Waals surface area contributed by atoms with Crippen molar-refractivity contribution < 1.29 is 19.1 Å². The summed E-state index contributed by atoms with van der Waals surface area (Å²) in [7, 11) is 0. The first-order valence-corrected chi connectivity index (χ1v) is 14.0. The van der Waals surface area contributed by atoms with E-state index < -0.39 is 29.2 Å². The van der Waals surface area contributed by atoms with E-state index in [-0.39, 0.29) is 40.0 Å². The number of anilines is 1. The lowest BCUT2D eigenvalue weighted by Gasteiger charge is -2.38. The van der Waals surface area contributed by atoms with E-state index in [9.17, 15) is 14.7 Å². The number of aliphatic hydroxyl groups is 1. The largest absolute Gasteiger partial charge is 0.393 e. The predicted octanol–water partition coefficient (Wildman–Crippen LogP) is 5.30. The van der Waals surface area contributed by atoms with Gasteiger partial charge in [0.05, 0.1) is 17.2 Å². The number of carbonyl (C=O) groups excluding carboxylic acids is 2. The zero-order valence-electron chi connectivity index (χ0n) is 21.8. The number of carbonyl (C=O) groups is 2. The van der Waals surface area contributed by atoms with E-state index in [4.69, 9.17) is 23.2 Å². The van der Waals surface area contributed by atoms with Crippen LogP contribution < -0.4 is 16.0 Å². The van der Waals surface area contributed by atoms with E-state index in [2.05, 4.69) is 36.7 Å². The van der Waals surface area contributed by atoms with Crippen LogP contribution in [0.4, 0.5) is 10.1 Å². The minimum Gasteiger partial charge on any atom is -0.393 e. The fourth-order valence-electron chi connectivity index (χ4n) is 6.66. The van der Waals surface area contributed by atoms with Crippen LogP contribution in [0.1, 0.15) is 69.9 Å². The monoisotopic (exact) mass is 561 g/mol. The molecule has 1 saturated heterocycles. The third-order valence-electron chi connectivity index (χ3n) is 8.26. The average molecular weight is 563 g/mol. The second-order valence-electron chi connectivity index (χ2n) is 12.1. The van der Waals surface area contributed by atoms with Gasteiger partial charge in [0.25, 0.3) is 0 Å². The molecule has 0 radical (unpaired) electrons. The van der Waals surface area contributed by atoms with E-state index in [1.807, 2.05) is 6.07 Å². The van der Waals surface area contributed by atoms with Gasteiger partial charge in [-0.2, -0.15) is 0 Å². The van der Waals surface area contributed by atoms with Gasteiger partial charge < -0.3 is 21.1 Å². The number of amides is 2. The van der Waals surface area contributed by atoms with Crippen LogP contribution in [0, 0.1) is 11.2 Å². The number of nitrogens with one attached hydrogen (secondary N) is 3. The molecule has 2 aliphatic heterocycles. The third kappa shape index (κ3) is 4.72. The number of halogens is 3. The number of aliphatic hydroxyl groups excluding tert-OH is 1. The lowest BCUT2D eigenvalue weighted by Crippen LogP contribution is -2.50. The molecule has 38 heavy (non-hydrogen) atoms. The summed E-state index contributed by atoms with van der Waals surface area (Å²) in [6, 6.07) is 8.50. The van der Waals surface area contributed by atoms with Crippen molar-refractivity contribution >= 4 is 40.7 Å². The van der Waals surface area contributed by atoms with Crippen molar-refractivity contribution in [2.75, 3.05) is 5.32 Å². The fourth-order valence-corrected chi connectivity index (χ4v) is 7.02. The maximum atomic E-state index is 15.8. The molecule has 2 heterocycles. The molecule has 204 valence electrons. The molecule has 4 N–H and O–H groups in total. The molecule has 2 amide bonds. The number of benzene rings is 2. The van der Waals surface area contributed by atoms with Crippen molar-refractivity contribution in [1.29, 1.82) is 0 Å². The van der Waals surface area contributed by atoms with Gasteiger partial charge in [-0.05, 0) is 66.8 Å². The first-order chi connectivity index (χ1) is 17.9. The Balaban J connectivity index is 1.67. The average Bonchev–Trinajstić information content (AvgIpc) is 3.31. The van der Waals surface area contributed by atoms with Crippen LogP contribution in [0.2, 0.25) is 10.0 Å². The van der Waals surface area contributed by atoms with Gasteiger partial charge in [-0.25, -0.2) is 4.39 Å². The Bertz CT molecular complexity index is 1260. The van der Waals surface area contributed by atoms with Crippen molar-refractivity contribution in [1.82, 2.24) is 10.6 Å². The van der Waals surface area contributed by atoms with Gasteiger partial charge in [-0.3, -0.25) is 9.59 Å². The van der Waals surface area contributed by atoms with Crippen LogP contribution in [0.5, 0.6) is 0 Å². The maximum absolute atomic E-state index is 15.8. The lowest BCUT2D eigenvalue weighted by molar-refractivity contribution is -0.124. The first-order valence-electron chi connectivity index (χ1n) is 13.2. The van der Waals surface area contributed by atoms with Gasteiger partial charge in [-0.1, -0.05) is 62.2 Å². The van der Waals surface area contributed by atoms with Crippen molar-refractivity contribution in [3.63, 3.8) is 0 Å². The summed E-state index contributed by atoms with van der Waals surface area (Å²) < 4.78 is 15.8. The molecule has 0 aromatic heterocycles. The summed E-state index contributed by atoms with van der Waals surface area (Å²) in [4.78, 5) is 28.1. The molecule has 3 aliphatic rings. The molecule has 9 heteroatoms. The third-order valence-corrected chi connectivity index (χ3v) is 8.79. The lowest BCUT2D eigenvalue weighted by atomic mass is 9.62. The quantitative estimate of drug-likeness (QED) is 0.407. The van der Waals surface area contributed by atoms with E-state index >= 15 is 4.39 Å². The number of hydrogen-bond donors (Lipinski definition) is 4. The summed E-state index contributed by atoms with van der Waals surface area (Å²) in [6.45, 7) is 6.23. The predicted molar refractivity (Wildman–Crippen MR) is 147 cm³/mol. The Hall–Kier alpha value is -2.19. The molecule has 2 aromatic rings. The van der Waals surface area contributed by atoms with Crippen LogP contribution >= 0.6 is 23.2 Å². The number of rotatable bonds is 4. The van der Waals surface area contributed by atoms with Gasteiger partial charge >= 0.3 is 0 Å². The van der Waals surface area contributed by atoms with E-state index in [0.29, 0.717) is 48.4 Å². The molecule has 3 unspecified atom stereocenters. The molecule has 1 saturated carbocycles. The molecule has 1 spiro atoms. The smallest absolute Gasteiger partial charge is 0.238 e. The Labute approximate surface area is 232 Å². The fraction of sp³-hybridized carbons (Fsp3) is 0.517. The number of hydrogen-bond acceptors (Lipinski definition) is 4. The second kappa shape index (κ2) is 10.1. The van der Waals surface area contributed by atoms with Gasteiger partial charge in [0.2, 0.25) is 11.8 Å². The van der Waals surface area contributed by atoms with Crippen LogP contribution in [0.15, 0.2) is 36.4 Å². The SMILES string of the molecule is CC(C)(C)CC1NC(C(=O)NC2CCC(O)CC2)[C@H](c2cccc(Cl)c2F)C12C(=O)Nc1cc(Cl)ccc12. The van der Waals surface area contributed by atoms with Crippen molar-refractivity contribution in [2.24, 2.45) is 5.41 Å². The molecule has 2 fully saturated rings.